The number of nitrogens with one attached hydrogen (secondary N) is 1. The Kier molecular flexibility index (Phi) is 7.80. The smallest absolute Gasteiger partial charge is 0.256 e. The summed E-state index contributed by atoms with van der Waals surface area (Å²) < 4.78 is 23.9. The number of rotatable bonds is 9. The number of halogens is 1. The second kappa shape index (κ2) is 11.2. The van der Waals surface area contributed by atoms with Gasteiger partial charge in [-0.3, -0.25) is 14.5 Å². The van der Waals surface area contributed by atoms with E-state index in [4.69, 9.17) is 21.7 Å². The standard InChI is InChI=1S/C27H26FN3O4S/c1-34-23-13-8-18(16-24(23)35-2)14-15-30-22(17-25(32)29-20-11-9-19(28)10-12-20)26(33)31(27(30)36)21-6-4-3-5-7-21/h3-13,16,22H,14-15,17H2,1-2H3,(H,29,32). The Balaban J connectivity index is 1.55. The van der Waals surface area contributed by atoms with Gasteiger partial charge in [0.05, 0.1) is 26.3 Å². The van der Waals surface area contributed by atoms with E-state index >= 15 is 0 Å². The summed E-state index contributed by atoms with van der Waals surface area (Å²) in [7, 11) is 3.15. The Bertz CT molecular complexity index is 1250. The molecule has 1 heterocycles. The molecule has 1 aliphatic rings. The van der Waals surface area contributed by atoms with E-state index in [9.17, 15) is 14.0 Å². The maximum Gasteiger partial charge on any atom is 0.256 e. The molecule has 1 fully saturated rings. The number of carbonyl (C=O) groups is 2. The second-order valence-corrected chi connectivity index (χ2v) is 8.56. The highest BCUT2D eigenvalue weighted by molar-refractivity contribution is 7.80. The third-order valence-electron chi connectivity index (χ3n) is 5.93. The molecule has 1 aliphatic heterocycles. The minimum atomic E-state index is -0.779. The summed E-state index contributed by atoms with van der Waals surface area (Å²) in [5.41, 5.74) is 2.06. The molecule has 186 valence electrons. The van der Waals surface area contributed by atoms with Crippen molar-refractivity contribution >= 4 is 40.5 Å². The molecule has 1 unspecified atom stereocenters. The van der Waals surface area contributed by atoms with Gasteiger partial charge in [-0.2, -0.15) is 0 Å². The van der Waals surface area contributed by atoms with E-state index in [1.807, 2.05) is 36.4 Å². The Morgan fingerprint density at radius 2 is 1.69 bits per heavy atom. The van der Waals surface area contributed by atoms with Gasteiger partial charge >= 0.3 is 0 Å². The Morgan fingerprint density at radius 3 is 2.36 bits per heavy atom. The summed E-state index contributed by atoms with van der Waals surface area (Å²) in [6, 6.07) is 19.4. The fourth-order valence-corrected chi connectivity index (χ4v) is 4.52. The minimum absolute atomic E-state index is 0.106. The lowest BCUT2D eigenvalue weighted by Crippen LogP contribution is -2.39. The Hall–Kier alpha value is -3.98. The number of anilines is 2. The number of thiocarbonyl (C=S) groups is 1. The molecule has 0 bridgehead atoms. The van der Waals surface area contributed by atoms with E-state index in [1.54, 1.807) is 31.3 Å². The van der Waals surface area contributed by atoms with Crippen molar-refractivity contribution < 1.29 is 23.5 Å². The van der Waals surface area contributed by atoms with Crippen LogP contribution in [0.4, 0.5) is 15.8 Å². The van der Waals surface area contributed by atoms with Crippen molar-refractivity contribution in [3.63, 3.8) is 0 Å². The van der Waals surface area contributed by atoms with Gasteiger partial charge in [0.2, 0.25) is 5.91 Å². The van der Waals surface area contributed by atoms with E-state index < -0.39 is 11.9 Å². The summed E-state index contributed by atoms with van der Waals surface area (Å²) in [4.78, 5) is 29.6. The second-order valence-electron chi connectivity index (χ2n) is 8.20. The zero-order valence-corrected chi connectivity index (χ0v) is 20.8. The first-order chi connectivity index (χ1) is 17.4. The van der Waals surface area contributed by atoms with Gasteiger partial charge in [0.15, 0.2) is 16.6 Å². The van der Waals surface area contributed by atoms with Gasteiger partial charge in [0.25, 0.3) is 5.91 Å². The van der Waals surface area contributed by atoms with Crippen LogP contribution in [-0.4, -0.2) is 48.6 Å². The van der Waals surface area contributed by atoms with E-state index in [0.717, 1.165) is 5.56 Å². The molecule has 9 heteroatoms. The van der Waals surface area contributed by atoms with Crippen LogP contribution in [0.5, 0.6) is 11.5 Å². The summed E-state index contributed by atoms with van der Waals surface area (Å²) in [5.74, 6) is 0.195. The third-order valence-corrected chi connectivity index (χ3v) is 6.35. The third kappa shape index (κ3) is 5.46. The molecule has 7 nitrogen and oxygen atoms in total. The van der Waals surface area contributed by atoms with Gasteiger partial charge in [-0.25, -0.2) is 4.39 Å². The molecule has 1 N–H and O–H groups in total. The summed E-state index contributed by atoms with van der Waals surface area (Å²) in [5, 5.41) is 3.07. The highest BCUT2D eigenvalue weighted by Gasteiger charge is 2.43. The first kappa shape index (κ1) is 25.1. The Morgan fingerprint density at radius 1 is 1.00 bits per heavy atom. The van der Waals surface area contributed by atoms with Crippen LogP contribution in [0, 0.1) is 5.82 Å². The molecule has 0 saturated carbocycles. The van der Waals surface area contributed by atoms with Gasteiger partial charge in [-0.05, 0) is 72.7 Å². The number of hydrogen-bond acceptors (Lipinski definition) is 5. The van der Waals surface area contributed by atoms with Crippen LogP contribution in [0.1, 0.15) is 12.0 Å². The molecule has 0 aromatic heterocycles. The van der Waals surface area contributed by atoms with E-state index in [1.165, 1.54) is 29.2 Å². The van der Waals surface area contributed by atoms with E-state index in [-0.39, 0.29) is 18.2 Å². The maximum atomic E-state index is 13.5. The van der Waals surface area contributed by atoms with Gasteiger partial charge < -0.3 is 19.7 Å². The highest BCUT2D eigenvalue weighted by Crippen LogP contribution is 2.30. The lowest BCUT2D eigenvalue weighted by molar-refractivity contribution is -0.124. The number of para-hydroxylation sites is 1. The summed E-state index contributed by atoms with van der Waals surface area (Å²) in [6.07, 6.45) is 0.456. The number of ether oxygens (including phenoxy) is 2. The highest BCUT2D eigenvalue weighted by atomic mass is 32.1. The van der Waals surface area contributed by atoms with Crippen molar-refractivity contribution in [1.29, 1.82) is 0 Å². The molecule has 4 rings (SSSR count). The van der Waals surface area contributed by atoms with Crippen molar-refractivity contribution in [3.8, 4) is 11.5 Å². The zero-order valence-electron chi connectivity index (χ0n) is 19.9. The fraction of sp³-hybridized carbons (Fsp3) is 0.222. The lowest BCUT2D eigenvalue weighted by Gasteiger charge is -2.24. The molecule has 3 aromatic carbocycles. The average molecular weight is 508 g/mol. The first-order valence-corrected chi connectivity index (χ1v) is 11.8. The monoisotopic (exact) mass is 507 g/mol. The number of nitrogens with zero attached hydrogens (tertiary/aromatic N) is 2. The van der Waals surface area contributed by atoms with Gasteiger partial charge in [0, 0.05) is 12.2 Å². The fourth-order valence-electron chi connectivity index (χ4n) is 4.11. The molecule has 1 saturated heterocycles. The molecule has 3 aromatic rings. The normalized spacial score (nSPS) is 15.2. The van der Waals surface area contributed by atoms with Crippen LogP contribution in [0.3, 0.4) is 0 Å². The quantitative estimate of drug-likeness (QED) is 0.433. The lowest BCUT2D eigenvalue weighted by atomic mass is 10.1. The molecule has 2 amide bonds. The number of amides is 2. The summed E-state index contributed by atoms with van der Waals surface area (Å²) >= 11 is 5.71. The van der Waals surface area contributed by atoms with E-state index in [2.05, 4.69) is 5.32 Å². The zero-order chi connectivity index (χ0) is 25.7. The van der Waals surface area contributed by atoms with Crippen LogP contribution in [0.2, 0.25) is 0 Å². The van der Waals surface area contributed by atoms with Crippen molar-refractivity contribution in [2.75, 3.05) is 31.0 Å². The van der Waals surface area contributed by atoms with Crippen LogP contribution < -0.4 is 19.7 Å². The molecule has 0 radical (unpaired) electrons. The van der Waals surface area contributed by atoms with Crippen LogP contribution in [0.25, 0.3) is 0 Å². The SMILES string of the molecule is COc1ccc(CCN2C(=S)N(c3ccccc3)C(=O)C2CC(=O)Nc2ccc(F)cc2)cc1OC. The molecular weight excluding hydrogens is 481 g/mol. The van der Waals surface area contributed by atoms with Crippen molar-refractivity contribution in [3.05, 3.63) is 84.2 Å². The number of hydrogen-bond donors (Lipinski definition) is 1. The summed E-state index contributed by atoms with van der Waals surface area (Å²) in [6.45, 7) is 0.415. The van der Waals surface area contributed by atoms with Gasteiger partial charge in [-0.15, -0.1) is 0 Å². The first-order valence-electron chi connectivity index (χ1n) is 11.4. The van der Waals surface area contributed by atoms with Crippen molar-refractivity contribution in [1.82, 2.24) is 4.90 Å². The molecule has 36 heavy (non-hydrogen) atoms. The van der Waals surface area contributed by atoms with Gasteiger partial charge in [-0.1, -0.05) is 24.3 Å². The molecular formula is C27H26FN3O4S. The Labute approximate surface area is 214 Å². The number of methoxy groups -OCH3 is 2. The number of benzene rings is 3. The largest absolute Gasteiger partial charge is 0.493 e. The predicted molar refractivity (Wildman–Crippen MR) is 140 cm³/mol. The maximum absolute atomic E-state index is 13.5. The predicted octanol–water partition coefficient (Wildman–Crippen LogP) is 4.42. The van der Waals surface area contributed by atoms with Gasteiger partial charge in [0.1, 0.15) is 11.9 Å². The minimum Gasteiger partial charge on any atom is -0.493 e. The van der Waals surface area contributed by atoms with Crippen LogP contribution in [0.15, 0.2) is 72.8 Å². The van der Waals surface area contributed by atoms with Crippen LogP contribution >= 0.6 is 12.2 Å². The topological polar surface area (TPSA) is 71.1 Å². The molecule has 0 spiro atoms. The molecule has 0 aliphatic carbocycles. The van der Waals surface area contributed by atoms with Crippen LogP contribution in [-0.2, 0) is 16.0 Å². The van der Waals surface area contributed by atoms with Crippen molar-refractivity contribution in [2.45, 2.75) is 18.9 Å². The average Bonchev–Trinajstić information content (AvgIpc) is 3.12. The van der Waals surface area contributed by atoms with E-state index in [0.29, 0.717) is 41.0 Å². The molecule has 1 atom stereocenters. The number of carbonyl (C=O) groups excluding carboxylic acids is 2. The van der Waals surface area contributed by atoms with Crippen molar-refractivity contribution in [2.24, 2.45) is 0 Å².